The Labute approximate surface area is 105 Å². The smallest absolute Gasteiger partial charge is 0.105 e. The summed E-state index contributed by atoms with van der Waals surface area (Å²) in [6, 6.07) is 7.78. The Hall–Kier alpha value is -0.380. The van der Waals surface area contributed by atoms with Gasteiger partial charge in [-0.1, -0.05) is 54.0 Å². The number of hydrogen-bond donors (Lipinski definition) is 2. The number of rotatable bonds is 5. The van der Waals surface area contributed by atoms with E-state index in [1.807, 2.05) is 24.3 Å². The highest BCUT2D eigenvalue weighted by molar-refractivity contribution is 9.09. The van der Waals surface area contributed by atoms with Crippen LogP contribution in [0, 0.1) is 0 Å². The van der Waals surface area contributed by atoms with E-state index in [9.17, 15) is 10.2 Å². The Morgan fingerprint density at radius 2 is 1.81 bits per heavy atom. The van der Waals surface area contributed by atoms with Crippen molar-refractivity contribution in [2.45, 2.75) is 38.4 Å². The van der Waals surface area contributed by atoms with Crippen molar-refractivity contribution >= 4 is 15.9 Å². The molecule has 2 unspecified atom stereocenters. The summed E-state index contributed by atoms with van der Waals surface area (Å²) in [4.78, 5) is 0. The van der Waals surface area contributed by atoms with E-state index in [0.29, 0.717) is 17.7 Å². The molecule has 0 aliphatic rings. The summed E-state index contributed by atoms with van der Waals surface area (Å²) < 4.78 is 0. The molecule has 0 fully saturated rings. The average Bonchev–Trinajstić information content (AvgIpc) is 2.28. The molecule has 0 amide bonds. The van der Waals surface area contributed by atoms with Gasteiger partial charge in [0.25, 0.3) is 0 Å². The summed E-state index contributed by atoms with van der Waals surface area (Å²) in [6.45, 7) is 4.22. The summed E-state index contributed by atoms with van der Waals surface area (Å²) in [5.41, 5.74) is 1.97. The number of alkyl halides is 1. The second kappa shape index (κ2) is 6.38. The van der Waals surface area contributed by atoms with Crippen LogP contribution in [0.15, 0.2) is 24.3 Å². The highest BCUT2D eigenvalue weighted by Gasteiger charge is 2.17. The molecule has 0 heterocycles. The second-order valence-electron chi connectivity index (χ2n) is 4.31. The molecular weight excluding hydrogens is 268 g/mol. The molecule has 2 N–H and O–H groups in total. The maximum absolute atomic E-state index is 9.96. The number of hydrogen-bond acceptors (Lipinski definition) is 2. The molecule has 16 heavy (non-hydrogen) atoms. The third-order valence-corrected chi connectivity index (χ3v) is 3.15. The quantitative estimate of drug-likeness (QED) is 0.817. The van der Waals surface area contributed by atoms with Gasteiger partial charge in [-0.15, -0.1) is 0 Å². The van der Waals surface area contributed by atoms with Gasteiger partial charge in [-0.25, -0.2) is 0 Å². The summed E-state index contributed by atoms with van der Waals surface area (Å²) >= 11 is 3.26. The van der Waals surface area contributed by atoms with Gasteiger partial charge in [0, 0.05) is 5.33 Å². The molecule has 3 heteroatoms. The molecule has 2 nitrogen and oxygen atoms in total. The maximum Gasteiger partial charge on any atom is 0.105 e. The molecule has 1 aromatic carbocycles. The van der Waals surface area contributed by atoms with Crippen LogP contribution in [-0.2, 0) is 0 Å². The van der Waals surface area contributed by atoms with Crippen molar-refractivity contribution < 1.29 is 10.2 Å². The van der Waals surface area contributed by atoms with Gasteiger partial charge in [-0.05, 0) is 23.5 Å². The van der Waals surface area contributed by atoms with Crippen LogP contribution in [0.3, 0.4) is 0 Å². The number of benzene rings is 1. The number of aliphatic hydroxyl groups excluding tert-OH is 2. The van der Waals surface area contributed by atoms with Crippen molar-refractivity contribution in [3.05, 3.63) is 35.4 Å². The molecule has 90 valence electrons. The largest absolute Gasteiger partial charge is 0.390 e. The molecule has 0 spiro atoms. The monoisotopic (exact) mass is 286 g/mol. The molecule has 0 aromatic heterocycles. The van der Waals surface area contributed by atoms with E-state index in [4.69, 9.17) is 0 Å². The first-order valence-electron chi connectivity index (χ1n) is 5.58. The predicted octanol–water partition coefficient (Wildman–Crippen LogP) is 2.99. The topological polar surface area (TPSA) is 40.5 Å². The summed E-state index contributed by atoms with van der Waals surface area (Å²) in [5.74, 6) is 0.431. The lowest BCUT2D eigenvalue weighted by Crippen LogP contribution is -2.18. The zero-order valence-electron chi connectivity index (χ0n) is 9.73. The van der Waals surface area contributed by atoms with E-state index in [1.165, 1.54) is 5.56 Å². The Morgan fingerprint density at radius 1 is 1.19 bits per heavy atom. The highest BCUT2D eigenvalue weighted by atomic mass is 79.9. The van der Waals surface area contributed by atoms with Gasteiger partial charge in [0.2, 0.25) is 0 Å². The van der Waals surface area contributed by atoms with E-state index in [1.54, 1.807) is 0 Å². The minimum Gasteiger partial charge on any atom is -0.390 e. The van der Waals surface area contributed by atoms with Crippen molar-refractivity contribution in [1.82, 2.24) is 0 Å². The van der Waals surface area contributed by atoms with Gasteiger partial charge in [-0.3, -0.25) is 0 Å². The van der Waals surface area contributed by atoms with Gasteiger partial charge >= 0.3 is 0 Å². The molecule has 0 radical (unpaired) electrons. The fourth-order valence-electron chi connectivity index (χ4n) is 1.59. The fraction of sp³-hybridized carbons (Fsp3) is 0.538. The summed E-state index contributed by atoms with van der Waals surface area (Å²) in [6.07, 6.45) is -0.953. The highest BCUT2D eigenvalue weighted by Crippen LogP contribution is 2.23. The van der Waals surface area contributed by atoms with Gasteiger partial charge in [0.05, 0.1) is 6.10 Å². The SMILES string of the molecule is CC(C)c1cccc(C(O)C(O)CCBr)c1. The fourth-order valence-corrected chi connectivity index (χ4v) is 2.06. The normalized spacial score (nSPS) is 15.1. The molecule has 2 atom stereocenters. The molecular formula is C13H19BrO2. The third kappa shape index (κ3) is 3.58. The van der Waals surface area contributed by atoms with Crippen LogP contribution in [0.4, 0.5) is 0 Å². The van der Waals surface area contributed by atoms with Crippen LogP contribution >= 0.6 is 15.9 Å². The first-order chi connectivity index (χ1) is 7.56. The molecule has 0 aliphatic heterocycles. The lowest BCUT2D eigenvalue weighted by atomic mass is 9.96. The second-order valence-corrected chi connectivity index (χ2v) is 5.11. The first kappa shape index (κ1) is 13.7. The lowest BCUT2D eigenvalue weighted by molar-refractivity contribution is 0.0173. The van der Waals surface area contributed by atoms with Crippen LogP contribution in [0.25, 0.3) is 0 Å². The van der Waals surface area contributed by atoms with Gasteiger partial charge in [-0.2, -0.15) is 0 Å². The molecule has 1 rings (SSSR count). The van der Waals surface area contributed by atoms with Crippen LogP contribution in [0.5, 0.6) is 0 Å². The Balaban J connectivity index is 2.82. The Kier molecular flexibility index (Phi) is 5.46. The van der Waals surface area contributed by atoms with Gasteiger partial charge in [0.15, 0.2) is 0 Å². The summed E-state index contributed by atoms with van der Waals surface area (Å²) in [5, 5.41) is 20.4. The van der Waals surface area contributed by atoms with E-state index in [-0.39, 0.29) is 0 Å². The van der Waals surface area contributed by atoms with Crippen molar-refractivity contribution in [2.24, 2.45) is 0 Å². The van der Waals surface area contributed by atoms with Crippen LogP contribution < -0.4 is 0 Å². The lowest BCUT2D eigenvalue weighted by Gasteiger charge is -2.18. The molecule has 0 saturated carbocycles. The minimum atomic E-state index is -0.795. The maximum atomic E-state index is 9.96. The van der Waals surface area contributed by atoms with Crippen molar-refractivity contribution in [3.63, 3.8) is 0 Å². The minimum absolute atomic E-state index is 0.431. The van der Waals surface area contributed by atoms with E-state index < -0.39 is 12.2 Å². The molecule has 0 saturated heterocycles. The Morgan fingerprint density at radius 3 is 2.38 bits per heavy atom. The van der Waals surface area contributed by atoms with Crippen LogP contribution in [-0.4, -0.2) is 21.6 Å². The average molecular weight is 287 g/mol. The van der Waals surface area contributed by atoms with Gasteiger partial charge in [0.1, 0.15) is 6.10 Å². The molecule has 0 bridgehead atoms. The number of aliphatic hydroxyl groups is 2. The van der Waals surface area contributed by atoms with Crippen molar-refractivity contribution in [1.29, 1.82) is 0 Å². The molecule has 1 aromatic rings. The Bertz CT molecular complexity index is 325. The summed E-state index contributed by atoms with van der Waals surface area (Å²) in [7, 11) is 0. The first-order valence-corrected chi connectivity index (χ1v) is 6.70. The van der Waals surface area contributed by atoms with E-state index >= 15 is 0 Å². The predicted molar refractivity (Wildman–Crippen MR) is 69.9 cm³/mol. The standard InChI is InChI=1S/C13H19BrO2/c1-9(2)10-4-3-5-11(8-10)13(16)12(15)6-7-14/h3-5,8-9,12-13,15-16H,6-7H2,1-2H3. The zero-order valence-corrected chi connectivity index (χ0v) is 11.3. The van der Waals surface area contributed by atoms with E-state index in [0.717, 1.165) is 5.56 Å². The third-order valence-electron chi connectivity index (χ3n) is 2.69. The number of halogens is 1. The zero-order chi connectivity index (χ0) is 12.1. The van der Waals surface area contributed by atoms with E-state index in [2.05, 4.69) is 29.8 Å². The van der Waals surface area contributed by atoms with Gasteiger partial charge < -0.3 is 10.2 Å². The van der Waals surface area contributed by atoms with Crippen LogP contribution in [0.2, 0.25) is 0 Å². The van der Waals surface area contributed by atoms with Crippen molar-refractivity contribution in [3.8, 4) is 0 Å². The van der Waals surface area contributed by atoms with Crippen LogP contribution in [0.1, 0.15) is 43.4 Å². The molecule has 0 aliphatic carbocycles. The van der Waals surface area contributed by atoms with Crippen molar-refractivity contribution in [2.75, 3.05) is 5.33 Å².